The standard InChI is InChI=1S/C12H15Cl2NO/c13-8-4-3-5-9(14)11(8)12(16)10-6-1-2-7-15-10/h3-5,10,12,15-16H,1-2,6-7H2. The van der Waals surface area contributed by atoms with Gasteiger partial charge in [0.15, 0.2) is 0 Å². The van der Waals surface area contributed by atoms with Crippen LogP contribution in [-0.4, -0.2) is 17.7 Å². The van der Waals surface area contributed by atoms with Gasteiger partial charge in [-0.15, -0.1) is 0 Å². The van der Waals surface area contributed by atoms with Gasteiger partial charge in [-0.05, 0) is 31.5 Å². The van der Waals surface area contributed by atoms with Gasteiger partial charge in [-0.2, -0.15) is 0 Å². The second-order valence-corrected chi connectivity index (χ2v) is 4.95. The first-order valence-electron chi connectivity index (χ1n) is 5.55. The summed E-state index contributed by atoms with van der Waals surface area (Å²) in [5.41, 5.74) is 0.644. The molecule has 0 bridgehead atoms. The van der Waals surface area contributed by atoms with Crippen LogP contribution in [0.3, 0.4) is 0 Å². The largest absolute Gasteiger partial charge is 0.387 e. The van der Waals surface area contributed by atoms with Crippen molar-refractivity contribution in [3.8, 4) is 0 Å². The van der Waals surface area contributed by atoms with Crippen molar-refractivity contribution in [1.82, 2.24) is 5.32 Å². The molecule has 1 heterocycles. The van der Waals surface area contributed by atoms with E-state index < -0.39 is 6.10 Å². The lowest BCUT2D eigenvalue weighted by Crippen LogP contribution is -2.39. The van der Waals surface area contributed by atoms with Gasteiger partial charge in [0.1, 0.15) is 0 Å². The summed E-state index contributed by atoms with van der Waals surface area (Å²) in [6.45, 7) is 0.948. The first kappa shape index (κ1) is 12.2. The molecule has 88 valence electrons. The normalized spacial score (nSPS) is 23.1. The Balaban J connectivity index is 2.22. The van der Waals surface area contributed by atoms with E-state index in [1.807, 2.05) is 0 Å². The zero-order valence-corrected chi connectivity index (χ0v) is 10.4. The first-order valence-corrected chi connectivity index (χ1v) is 6.31. The summed E-state index contributed by atoms with van der Waals surface area (Å²) in [6, 6.07) is 5.37. The smallest absolute Gasteiger partial charge is 0.0971 e. The highest BCUT2D eigenvalue weighted by atomic mass is 35.5. The number of aliphatic hydroxyl groups is 1. The molecule has 16 heavy (non-hydrogen) atoms. The van der Waals surface area contributed by atoms with Gasteiger partial charge in [0.25, 0.3) is 0 Å². The van der Waals surface area contributed by atoms with Gasteiger partial charge in [-0.1, -0.05) is 35.7 Å². The van der Waals surface area contributed by atoms with Crippen molar-refractivity contribution in [3.63, 3.8) is 0 Å². The van der Waals surface area contributed by atoms with Crippen molar-refractivity contribution in [2.75, 3.05) is 6.54 Å². The highest BCUT2D eigenvalue weighted by Gasteiger charge is 2.25. The Bertz CT molecular complexity index is 344. The Morgan fingerprint density at radius 1 is 1.25 bits per heavy atom. The number of benzene rings is 1. The van der Waals surface area contributed by atoms with E-state index in [1.165, 1.54) is 6.42 Å². The van der Waals surface area contributed by atoms with Crippen molar-refractivity contribution >= 4 is 23.2 Å². The minimum atomic E-state index is -0.624. The molecule has 2 atom stereocenters. The lowest BCUT2D eigenvalue weighted by Gasteiger charge is -2.29. The second-order valence-electron chi connectivity index (χ2n) is 4.14. The van der Waals surface area contributed by atoms with E-state index in [2.05, 4.69) is 5.32 Å². The molecule has 0 radical (unpaired) electrons. The molecule has 2 unspecified atom stereocenters. The van der Waals surface area contributed by atoms with Crippen LogP contribution in [0.25, 0.3) is 0 Å². The molecule has 1 saturated heterocycles. The number of nitrogens with one attached hydrogen (secondary N) is 1. The molecule has 2 rings (SSSR count). The molecule has 1 aromatic carbocycles. The highest BCUT2D eigenvalue weighted by Crippen LogP contribution is 2.33. The van der Waals surface area contributed by atoms with Crippen molar-refractivity contribution in [3.05, 3.63) is 33.8 Å². The third kappa shape index (κ3) is 2.51. The molecule has 0 amide bonds. The van der Waals surface area contributed by atoms with E-state index in [0.717, 1.165) is 19.4 Å². The average molecular weight is 260 g/mol. The molecule has 1 fully saturated rings. The summed E-state index contributed by atoms with van der Waals surface area (Å²) in [5, 5.41) is 14.6. The number of halogens is 2. The summed E-state index contributed by atoms with van der Waals surface area (Å²) in [6.07, 6.45) is 2.64. The molecule has 1 aliphatic rings. The quantitative estimate of drug-likeness (QED) is 0.856. The van der Waals surface area contributed by atoms with Gasteiger partial charge < -0.3 is 10.4 Å². The van der Waals surface area contributed by atoms with Gasteiger partial charge in [-0.3, -0.25) is 0 Å². The van der Waals surface area contributed by atoms with Crippen molar-refractivity contribution in [1.29, 1.82) is 0 Å². The van der Waals surface area contributed by atoms with E-state index in [1.54, 1.807) is 18.2 Å². The third-order valence-corrected chi connectivity index (χ3v) is 3.68. The van der Waals surface area contributed by atoms with E-state index in [4.69, 9.17) is 23.2 Å². The van der Waals surface area contributed by atoms with Crippen molar-refractivity contribution in [2.45, 2.75) is 31.4 Å². The van der Waals surface area contributed by atoms with Gasteiger partial charge in [0, 0.05) is 21.7 Å². The third-order valence-electron chi connectivity index (χ3n) is 3.03. The van der Waals surface area contributed by atoms with Crippen LogP contribution in [0.15, 0.2) is 18.2 Å². The minimum absolute atomic E-state index is 0.0612. The fraction of sp³-hybridized carbons (Fsp3) is 0.500. The predicted molar refractivity (Wildman–Crippen MR) is 67.1 cm³/mol. The lowest BCUT2D eigenvalue weighted by atomic mass is 9.95. The van der Waals surface area contributed by atoms with E-state index in [0.29, 0.717) is 15.6 Å². The fourth-order valence-electron chi connectivity index (χ4n) is 2.14. The highest BCUT2D eigenvalue weighted by molar-refractivity contribution is 6.36. The van der Waals surface area contributed by atoms with Gasteiger partial charge in [-0.25, -0.2) is 0 Å². The number of rotatable bonds is 2. The Hall–Kier alpha value is -0.280. The maximum absolute atomic E-state index is 10.3. The van der Waals surface area contributed by atoms with Crippen LogP contribution in [0, 0.1) is 0 Å². The number of piperidine rings is 1. The summed E-state index contributed by atoms with van der Waals surface area (Å²) in [4.78, 5) is 0. The molecule has 2 N–H and O–H groups in total. The molecular formula is C12H15Cl2NO. The maximum atomic E-state index is 10.3. The molecule has 0 aliphatic carbocycles. The van der Waals surface area contributed by atoms with Crippen molar-refractivity contribution in [2.24, 2.45) is 0 Å². The Labute approximate surface area is 106 Å². The van der Waals surface area contributed by atoms with Crippen LogP contribution in [0.2, 0.25) is 10.0 Å². The summed E-state index contributed by atoms with van der Waals surface area (Å²) in [7, 11) is 0. The van der Waals surface area contributed by atoms with E-state index in [-0.39, 0.29) is 6.04 Å². The predicted octanol–water partition coefficient (Wildman–Crippen LogP) is 3.17. The van der Waals surface area contributed by atoms with Crippen LogP contribution in [0.5, 0.6) is 0 Å². The molecule has 4 heteroatoms. The molecule has 0 saturated carbocycles. The van der Waals surface area contributed by atoms with Gasteiger partial charge in [0.2, 0.25) is 0 Å². The SMILES string of the molecule is OC(c1c(Cl)cccc1Cl)C1CCCCN1. The van der Waals surface area contributed by atoms with Crippen LogP contribution in [0.4, 0.5) is 0 Å². The van der Waals surface area contributed by atoms with Crippen LogP contribution < -0.4 is 5.32 Å². The Morgan fingerprint density at radius 2 is 1.94 bits per heavy atom. The topological polar surface area (TPSA) is 32.3 Å². The Kier molecular flexibility index (Phi) is 4.09. The zero-order valence-electron chi connectivity index (χ0n) is 8.92. The van der Waals surface area contributed by atoms with Crippen LogP contribution in [-0.2, 0) is 0 Å². The van der Waals surface area contributed by atoms with Crippen LogP contribution in [0.1, 0.15) is 30.9 Å². The second kappa shape index (κ2) is 5.37. The van der Waals surface area contributed by atoms with E-state index in [9.17, 15) is 5.11 Å². The number of hydrogen-bond donors (Lipinski definition) is 2. The fourth-order valence-corrected chi connectivity index (χ4v) is 2.76. The number of aliphatic hydroxyl groups excluding tert-OH is 1. The summed E-state index contributed by atoms with van der Waals surface area (Å²) in [5.74, 6) is 0. The molecule has 0 spiro atoms. The van der Waals surface area contributed by atoms with E-state index >= 15 is 0 Å². The molecular weight excluding hydrogens is 245 g/mol. The lowest BCUT2D eigenvalue weighted by molar-refractivity contribution is 0.114. The summed E-state index contributed by atoms with van der Waals surface area (Å²) < 4.78 is 0. The molecule has 0 aromatic heterocycles. The molecule has 1 aromatic rings. The summed E-state index contributed by atoms with van der Waals surface area (Å²) >= 11 is 12.1. The maximum Gasteiger partial charge on any atom is 0.0971 e. The molecule has 1 aliphatic heterocycles. The number of hydrogen-bond acceptors (Lipinski definition) is 2. The van der Waals surface area contributed by atoms with Gasteiger partial charge in [0.05, 0.1) is 6.10 Å². The zero-order chi connectivity index (χ0) is 11.5. The average Bonchev–Trinajstić information content (AvgIpc) is 2.30. The molecule has 2 nitrogen and oxygen atoms in total. The Morgan fingerprint density at radius 3 is 2.50 bits per heavy atom. The van der Waals surface area contributed by atoms with Gasteiger partial charge >= 0.3 is 0 Å². The minimum Gasteiger partial charge on any atom is -0.387 e. The first-order chi connectivity index (χ1) is 7.70. The van der Waals surface area contributed by atoms with Crippen molar-refractivity contribution < 1.29 is 5.11 Å². The monoisotopic (exact) mass is 259 g/mol. The van der Waals surface area contributed by atoms with Crippen LogP contribution >= 0.6 is 23.2 Å².